The number of carbonyl (C=O) groups is 2. The van der Waals surface area contributed by atoms with E-state index in [0.29, 0.717) is 60.7 Å². The number of benzene rings is 1. The molecular formula is C27H33N5O4. The first kappa shape index (κ1) is 24.2. The van der Waals surface area contributed by atoms with E-state index in [1.165, 1.54) is 26.1 Å². The first-order chi connectivity index (χ1) is 17.3. The van der Waals surface area contributed by atoms with Crippen molar-refractivity contribution in [1.29, 1.82) is 0 Å². The summed E-state index contributed by atoms with van der Waals surface area (Å²) in [6, 6.07) is 6.02. The van der Waals surface area contributed by atoms with E-state index in [2.05, 4.69) is 26.3 Å². The lowest BCUT2D eigenvalue weighted by atomic mass is 10.0. The fourth-order valence-corrected chi connectivity index (χ4v) is 4.82. The van der Waals surface area contributed by atoms with Crippen molar-refractivity contribution in [2.24, 2.45) is 5.92 Å². The highest BCUT2D eigenvalue weighted by atomic mass is 16.5. The second-order valence-electron chi connectivity index (χ2n) is 10.1. The van der Waals surface area contributed by atoms with Crippen molar-refractivity contribution in [2.45, 2.75) is 58.6 Å². The van der Waals surface area contributed by atoms with Crippen molar-refractivity contribution in [3.63, 3.8) is 0 Å². The second kappa shape index (κ2) is 9.89. The topological polar surface area (TPSA) is 120 Å². The number of ether oxygens (including phenoxy) is 1. The number of rotatable bonds is 7. The lowest BCUT2D eigenvalue weighted by Crippen LogP contribution is -2.48. The SMILES string of the molecule is Cc1ccc(OCC2CC2)c(-c2ncnc3c(C(=O)NC4CCN(C(=O)C(C)O)CC4)c(C)[nH]c23)c1. The highest BCUT2D eigenvalue weighted by molar-refractivity contribution is 6.09. The van der Waals surface area contributed by atoms with E-state index in [0.717, 1.165) is 22.6 Å². The molecule has 0 radical (unpaired) electrons. The number of aryl methyl sites for hydroxylation is 2. The first-order valence-corrected chi connectivity index (χ1v) is 12.7. The summed E-state index contributed by atoms with van der Waals surface area (Å²) < 4.78 is 6.15. The highest BCUT2D eigenvalue weighted by Gasteiger charge is 2.28. The van der Waals surface area contributed by atoms with E-state index in [-0.39, 0.29) is 17.9 Å². The van der Waals surface area contributed by atoms with E-state index in [1.807, 2.05) is 26.0 Å². The van der Waals surface area contributed by atoms with Gasteiger partial charge in [-0.1, -0.05) is 11.6 Å². The number of aromatic amines is 1. The van der Waals surface area contributed by atoms with Crippen molar-refractivity contribution < 1.29 is 19.4 Å². The molecule has 3 aromatic rings. The third-order valence-electron chi connectivity index (χ3n) is 7.06. The number of likely N-dealkylation sites (tertiary alicyclic amines) is 1. The lowest BCUT2D eigenvalue weighted by molar-refractivity contribution is -0.140. The predicted molar refractivity (Wildman–Crippen MR) is 136 cm³/mol. The summed E-state index contributed by atoms with van der Waals surface area (Å²) in [4.78, 5) is 39.4. The predicted octanol–water partition coefficient (Wildman–Crippen LogP) is 3.13. The highest BCUT2D eigenvalue weighted by Crippen LogP contribution is 2.37. The van der Waals surface area contributed by atoms with Gasteiger partial charge in [0.2, 0.25) is 0 Å². The number of piperidine rings is 1. The monoisotopic (exact) mass is 491 g/mol. The molecule has 5 rings (SSSR count). The Labute approximate surface area is 210 Å². The smallest absolute Gasteiger partial charge is 0.255 e. The van der Waals surface area contributed by atoms with Gasteiger partial charge < -0.3 is 25.0 Å². The van der Waals surface area contributed by atoms with Crippen molar-refractivity contribution >= 4 is 22.8 Å². The molecule has 1 aromatic carbocycles. The van der Waals surface area contributed by atoms with Gasteiger partial charge in [-0.05, 0) is 64.5 Å². The number of nitrogens with zero attached hydrogens (tertiary/aromatic N) is 3. The number of fused-ring (bicyclic) bond motifs is 1. The van der Waals surface area contributed by atoms with Crippen LogP contribution < -0.4 is 10.1 Å². The Morgan fingerprint density at radius 3 is 2.64 bits per heavy atom. The first-order valence-electron chi connectivity index (χ1n) is 12.7. The third-order valence-corrected chi connectivity index (χ3v) is 7.06. The zero-order valence-corrected chi connectivity index (χ0v) is 21.0. The van der Waals surface area contributed by atoms with Gasteiger partial charge >= 0.3 is 0 Å². The number of amides is 2. The lowest BCUT2D eigenvalue weighted by Gasteiger charge is -2.33. The van der Waals surface area contributed by atoms with E-state index in [4.69, 9.17) is 4.74 Å². The Balaban J connectivity index is 1.39. The summed E-state index contributed by atoms with van der Waals surface area (Å²) in [5, 5.41) is 12.7. The second-order valence-corrected chi connectivity index (χ2v) is 10.1. The zero-order valence-electron chi connectivity index (χ0n) is 21.0. The van der Waals surface area contributed by atoms with Crippen LogP contribution in [0.1, 0.15) is 54.2 Å². The van der Waals surface area contributed by atoms with E-state index in [1.54, 1.807) is 4.90 Å². The molecule has 1 aliphatic heterocycles. The van der Waals surface area contributed by atoms with E-state index < -0.39 is 6.10 Å². The number of aliphatic hydroxyl groups excluding tert-OH is 1. The van der Waals surface area contributed by atoms with Gasteiger partial charge in [0, 0.05) is 30.4 Å². The van der Waals surface area contributed by atoms with Crippen LogP contribution in [0.4, 0.5) is 0 Å². The Hall–Kier alpha value is -3.46. The molecule has 2 aliphatic rings. The van der Waals surface area contributed by atoms with E-state index in [9.17, 15) is 14.7 Å². The molecule has 2 fully saturated rings. The van der Waals surface area contributed by atoms with Crippen LogP contribution in [0.5, 0.6) is 5.75 Å². The van der Waals surface area contributed by atoms with Crippen LogP contribution in [0.3, 0.4) is 0 Å². The molecule has 190 valence electrons. The number of aromatic nitrogens is 3. The van der Waals surface area contributed by atoms with E-state index >= 15 is 0 Å². The van der Waals surface area contributed by atoms with Crippen LogP contribution >= 0.6 is 0 Å². The quantitative estimate of drug-likeness (QED) is 0.467. The maximum absolute atomic E-state index is 13.3. The molecule has 2 aromatic heterocycles. The van der Waals surface area contributed by atoms with Gasteiger partial charge in [0.05, 0.1) is 17.7 Å². The minimum atomic E-state index is -1.01. The Kier molecular flexibility index (Phi) is 6.66. The Morgan fingerprint density at radius 1 is 1.19 bits per heavy atom. The molecule has 1 unspecified atom stereocenters. The van der Waals surface area contributed by atoms with Gasteiger partial charge in [0.25, 0.3) is 11.8 Å². The molecule has 0 bridgehead atoms. The molecule has 3 N–H and O–H groups in total. The van der Waals surface area contributed by atoms with Gasteiger partial charge in [-0.15, -0.1) is 0 Å². The fraction of sp³-hybridized carbons (Fsp3) is 0.481. The van der Waals surface area contributed by atoms with Gasteiger partial charge in [-0.2, -0.15) is 0 Å². The van der Waals surface area contributed by atoms with Gasteiger partial charge in [0.1, 0.15) is 29.4 Å². The van der Waals surface area contributed by atoms with Crippen LogP contribution in [0.2, 0.25) is 0 Å². The summed E-state index contributed by atoms with van der Waals surface area (Å²) in [6.07, 6.45) is 4.18. The van der Waals surface area contributed by atoms with Crippen molar-refractivity contribution in [1.82, 2.24) is 25.2 Å². The average Bonchev–Trinajstić information content (AvgIpc) is 3.62. The molecule has 2 amide bonds. The van der Waals surface area contributed by atoms with Crippen LogP contribution in [-0.2, 0) is 4.79 Å². The average molecular weight is 492 g/mol. The summed E-state index contributed by atoms with van der Waals surface area (Å²) in [5.41, 5.74) is 5.19. The molecule has 1 saturated carbocycles. The number of H-pyrrole nitrogens is 1. The number of aliphatic hydroxyl groups is 1. The van der Waals surface area contributed by atoms with Crippen LogP contribution in [0.15, 0.2) is 24.5 Å². The van der Waals surface area contributed by atoms with Crippen LogP contribution in [-0.4, -0.2) is 68.6 Å². The summed E-state index contributed by atoms with van der Waals surface area (Å²) in [6.45, 7) is 7.08. The molecule has 0 spiro atoms. The summed E-state index contributed by atoms with van der Waals surface area (Å²) in [5.74, 6) is 0.945. The van der Waals surface area contributed by atoms with Crippen LogP contribution in [0.25, 0.3) is 22.3 Å². The molecule has 36 heavy (non-hydrogen) atoms. The summed E-state index contributed by atoms with van der Waals surface area (Å²) in [7, 11) is 0. The Bertz CT molecular complexity index is 1290. The Morgan fingerprint density at radius 2 is 1.94 bits per heavy atom. The minimum Gasteiger partial charge on any atom is -0.493 e. The number of carbonyl (C=O) groups excluding carboxylic acids is 2. The molecular weight excluding hydrogens is 458 g/mol. The molecule has 3 heterocycles. The molecule has 1 atom stereocenters. The molecule has 9 heteroatoms. The van der Waals surface area contributed by atoms with Crippen molar-refractivity contribution in [3.05, 3.63) is 41.3 Å². The third kappa shape index (κ3) is 4.93. The zero-order chi connectivity index (χ0) is 25.4. The number of hydrogen-bond acceptors (Lipinski definition) is 6. The largest absolute Gasteiger partial charge is 0.493 e. The van der Waals surface area contributed by atoms with Gasteiger partial charge in [-0.3, -0.25) is 9.59 Å². The van der Waals surface area contributed by atoms with Gasteiger partial charge in [0.15, 0.2) is 0 Å². The maximum atomic E-state index is 13.3. The fourth-order valence-electron chi connectivity index (χ4n) is 4.82. The molecule has 1 aliphatic carbocycles. The van der Waals surface area contributed by atoms with Crippen LogP contribution in [0, 0.1) is 19.8 Å². The standard InChI is InChI=1S/C27H33N5O4/c1-15-4-7-21(36-13-18-5-6-18)20(12-15)23-25-24(29-14-28-23)22(16(2)30-25)26(34)31-19-8-10-32(11-9-19)27(35)17(3)33/h4,7,12,14,17-19,30,33H,5-6,8-11,13H2,1-3H3,(H,31,34). The molecule has 1 saturated heterocycles. The van der Waals surface area contributed by atoms with Crippen molar-refractivity contribution in [2.75, 3.05) is 19.7 Å². The minimum absolute atomic E-state index is 0.0552. The van der Waals surface area contributed by atoms with Crippen molar-refractivity contribution in [3.8, 4) is 17.0 Å². The van der Waals surface area contributed by atoms with Gasteiger partial charge in [-0.25, -0.2) is 9.97 Å². The maximum Gasteiger partial charge on any atom is 0.255 e. The number of hydrogen-bond donors (Lipinski definition) is 3. The normalized spacial score (nSPS) is 17.3. The number of nitrogens with one attached hydrogen (secondary N) is 2. The molecule has 9 nitrogen and oxygen atoms in total. The summed E-state index contributed by atoms with van der Waals surface area (Å²) >= 11 is 0.